The molecule has 0 rings (SSSR count). The fraction of sp³-hybridized carbons (Fsp3) is 0.857. The third kappa shape index (κ3) is 3.25. The van der Waals surface area contributed by atoms with Gasteiger partial charge in [-0.2, -0.15) is 0 Å². The van der Waals surface area contributed by atoms with Gasteiger partial charge >= 0.3 is 0 Å². The molecule has 2 nitrogen and oxygen atoms in total. The standard InChI is InChI=1S/C7H14O2/c1-3-5-7(9)6(8)4-2/h6,8H,3-5H2,1-2H3/t6-/m0/s1. The minimum atomic E-state index is -0.718. The van der Waals surface area contributed by atoms with Gasteiger partial charge in [0, 0.05) is 6.42 Å². The van der Waals surface area contributed by atoms with E-state index in [1.807, 2.05) is 6.92 Å². The molecule has 0 spiro atoms. The Bertz CT molecular complexity index is 88.9. The van der Waals surface area contributed by atoms with E-state index in [4.69, 9.17) is 5.11 Å². The molecule has 2 heteroatoms. The van der Waals surface area contributed by atoms with Crippen LogP contribution in [0.2, 0.25) is 0 Å². The van der Waals surface area contributed by atoms with Crippen LogP contribution in [0.1, 0.15) is 33.1 Å². The van der Waals surface area contributed by atoms with Crippen LogP contribution in [0.4, 0.5) is 0 Å². The van der Waals surface area contributed by atoms with Crippen molar-refractivity contribution in [2.45, 2.75) is 39.2 Å². The third-order valence-corrected chi connectivity index (χ3v) is 1.25. The normalized spacial score (nSPS) is 13.2. The van der Waals surface area contributed by atoms with Crippen LogP contribution in [0.5, 0.6) is 0 Å². The van der Waals surface area contributed by atoms with Crippen molar-refractivity contribution in [3.8, 4) is 0 Å². The highest BCUT2D eigenvalue weighted by Gasteiger charge is 2.09. The Kier molecular flexibility index (Phi) is 4.32. The third-order valence-electron chi connectivity index (χ3n) is 1.25. The Morgan fingerprint density at radius 2 is 2.11 bits per heavy atom. The van der Waals surface area contributed by atoms with E-state index in [0.717, 1.165) is 6.42 Å². The number of Topliss-reactive ketones (excluding diaryl/α,β-unsaturated/α-hetero) is 1. The number of hydrogen-bond donors (Lipinski definition) is 1. The van der Waals surface area contributed by atoms with Gasteiger partial charge in [0.15, 0.2) is 5.78 Å². The lowest BCUT2D eigenvalue weighted by molar-refractivity contribution is -0.127. The van der Waals surface area contributed by atoms with Crippen molar-refractivity contribution >= 4 is 5.78 Å². The van der Waals surface area contributed by atoms with Crippen molar-refractivity contribution in [3.05, 3.63) is 0 Å². The molecule has 0 heterocycles. The van der Waals surface area contributed by atoms with E-state index in [1.54, 1.807) is 6.92 Å². The minimum absolute atomic E-state index is 0.0278. The van der Waals surface area contributed by atoms with E-state index in [-0.39, 0.29) is 5.78 Å². The summed E-state index contributed by atoms with van der Waals surface area (Å²) in [5, 5.41) is 8.91. The van der Waals surface area contributed by atoms with Gasteiger partial charge in [-0.1, -0.05) is 13.8 Å². The number of ketones is 1. The Labute approximate surface area is 55.9 Å². The van der Waals surface area contributed by atoms with Gasteiger partial charge in [0.2, 0.25) is 0 Å². The lowest BCUT2D eigenvalue weighted by Crippen LogP contribution is -2.18. The van der Waals surface area contributed by atoms with Gasteiger partial charge in [0.1, 0.15) is 6.10 Å². The van der Waals surface area contributed by atoms with E-state index in [1.165, 1.54) is 0 Å². The molecule has 0 amide bonds. The first-order valence-corrected chi connectivity index (χ1v) is 3.43. The molecule has 0 radical (unpaired) electrons. The Morgan fingerprint density at radius 1 is 1.56 bits per heavy atom. The smallest absolute Gasteiger partial charge is 0.161 e. The molecule has 0 unspecified atom stereocenters. The van der Waals surface area contributed by atoms with Gasteiger partial charge in [-0.25, -0.2) is 0 Å². The molecule has 0 aliphatic heterocycles. The minimum Gasteiger partial charge on any atom is -0.385 e. The quantitative estimate of drug-likeness (QED) is 0.619. The first kappa shape index (κ1) is 8.63. The fourth-order valence-electron chi connectivity index (χ4n) is 0.641. The Balaban J connectivity index is 3.46. The molecule has 0 bridgehead atoms. The average molecular weight is 130 g/mol. The van der Waals surface area contributed by atoms with E-state index < -0.39 is 6.10 Å². The average Bonchev–Trinajstić information content (AvgIpc) is 1.87. The van der Waals surface area contributed by atoms with E-state index >= 15 is 0 Å². The monoisotopic (exact) mass is 130 g/mol. The summed E-state index contributed by atoms with van der Waals surface area (Å²) >= 11 is 0. The summed E-state index contributed by atoms with van der Waals surface area (Å²) in [5.74, 6) is -0.0278. The number of hydrogen-bond acceptors (Lipinski definition) is 2. The number of aliphatic hydroxyl groups excluding tert-OH is 1. The zero-order valence-electron chi connectivity index (χ0n) is 6.05. The predicted molar refractivity (Wildman–Crippen MR) is 36.2 cm³/mol. The molecule has 0 aliphatic carbocycles. The highest BCUT2D eigenvalue weighted by molar-refractivity contribution is 5.82. The van der Waals surface area contributed by atoms with Crippen LogP contribution in [-0.4, -0.2) is 17.0 Å². The van der Waals surface area contributed by atoms with Gasteiger partial charge < -0.3 is 5.11 Å². The highest BCUT2D eigenvalue weighted by Crippen LogP contribution is 1.97. The largest absolute Gasteiger partial charge is 0.385 e. The first-order chi connectivity index (χ1) is 4.22. The molecular weight excluding hydrogens is 116 g/mol. The molecule has 1 atom stereocenters. The van der Waals surface area contributed by atoms with E-state index in [0.29, 0.717) is 12.8 Å². The van der Waals surface area contributed by atoms with Crippen molar-refractivity contribution < 1.29 is 9.90 Å². The molecular formula is C7H14O2. The topological polar surface area (TPSA) is 37.3 Å². The zero-order chi connectivity index (χ0) is 7.28. The van der Waals surface area contributed by atoms with Crippen molar-refractivity contribution in [2.24, 2.45) is 0 Å². The van der Waals surface area contributed by atoms with Gasteiger partial charge in [-0.3, -0.25) is 4.79 Å². The summed E-state index contributed by atoms with van der Waals surface area (Å²) in [7, 11) is 0. The lowest BCUT2D eigenvalue weighted by Gasteiger charge is -2.03. The fourth-order valence-corrected chi connectivity index (χ4v) is 0.641. The second-order valence-corrected chi connectivity index (χ2v) is 2.14. The number of rotatable bonds is 4. The van der Waals surface area contributed by atoms with Crippen molar-refractivity contribution in [1.82, 2.24) is 0 Å². The molecule has 0 aromatic heterocycles. The van der Waals surface area contributed by atoms with Crippen LogP contribution in [0.25, 0.3) is 0 Å². The summed E-state index contributed by atoms with van der Waals surface area (Å²) in [5.41, 5.74) is 0. The van der Waals surface area contributed by atoms with E-state index in [9.17, 15) is 4.79 Å². The van der Waals surface area contributed by atoms with Gasteiger partial charge in [0.05, 0.1) is 0 Å². The molecule has 0 aromatic carbocycles. The van der Waals surface area contributed by atoms with Crippen LogP contribution < -0.4 is 0 Å². The zero-order valence-corrected chi connectivity index (χ0v) is 6.05. The number of aliphatic hydroxyl groups is 1. The predicted octanol–water partition coefficient (Wildman–Crippen LogP) is 1.13. The SMILES string of the molecule is CCCC(=O)[C@@H](O)CC. The van der Waals surface area contributed by atoms with Crippen molar-refractivity contribution in [3.63, 3.8) is 0 Å². The first-order valence-electron chi connectivity index (χ1n) is 3.43. The summed E-state index contributed by atoms with van der Waals surface area (Å²) in [6.45, 7) is 3.73. The van der Waals surface area contributed by atoms with Gasteiger partial charge in [-0.05, 0) is 12.8 Å². The maximum absolute atomic E-state index is 10.7. The van der Waals surface area contributed by atoms with Crippen LogP contribution in [0, 0.1) is 0 Å². The summed E-state index contributed by atoms with van der Waals surface area (Å²) in [6.07, 6.45) is 1.16. The maximum atomic E-state index is 10.7. The molecule has 0 saturated carbocycles. The summed E-state index contributed by atoms with van der Waals surface area (Å²) < 4.78 is 0. The molecule has 9 heavy (non-hydrogen) atoms. The molecule has 54 valence electrons. The maximum Gasteiger partial charge on any atom is 0.161 e. The molecule has 1 N–H and O–H groups in total. The summed E-state index contributed by atoms with van der Waals surface area (Å²) in [4.78, 5) is 10.7. The van der Waals surface area contributed by atoms with Crippen LogP contribution in [-0.2, 0) is 4.79 Å². The number of carbonyl (C=O) groups is 1. The molecule has 0 aliphatic rings. The van der Waals surface area contributed by atoms with Gasteiger partial charge in [0.25, 0.3) is 0 Å². The summed E-state index contributed by atoms with van der Waals surface area (Å²) in [6, 6.07) is 0. The van der Waals surface area contributed by atoms with E-state index in [2.05, 4.69) is 0 Å². The van der Waals surface area contributed by atoms with Crippen molar-refractivity contribution in [2.75, 3.05) is 0 Å². The van der Waals surface area contributed by atoms with Crippen LogP contribution >= 0.6 is 0 Å². The number of carbonyl (C=O) groups excluding carboxylic acids is 1. The van der Waals surface area contributed by atoms with Crippen LogP contribution in [0.15, 0.2) is 0 Å². The van der Waals surface area contributed by atoms with Gasteiger partial charge in [-0.15, -0.1) is 0 Å². The van der Waals surface area contributed by atoms with Crippen LogP contribution in [0.3, 0.4) is 0 Å². The molecule has 0 saturated heterocycles. The second-order valence-electron chi connectivity index (χ2n) is 2.14. The molecule has 0 aromatic rings. The Morgan fingerprint density at radius 3 is 2.44 bits per heavy atom. The van der Waals surface area contributed by atoms with Crippen molar-refractivity contribution in [1.29, 1.82) is 0 Å². The second kappa shape index (κ2) is 4.50. The Hall–Kier alpha value is -0.370. The highest BCUT2D eigenvalue weighted by atomic mass is 16.3. The lowest BCUT2D eigenvalue weighted by atomic mass is 10.1. The molecule has 0 fully saturated rings.